The molecular weight excluding hydrogens is 365 g/mol. The molecule has 4 rings (SSSR count). The van der Waals surface area contributed by atoms with Gasteiger partial charge < -0.3 is 15.4 Å². The number of rotatable bonds is 5. The van der Waals surface area contributed by atoms with Crippen molar-refractivity contribution in [2.45, 2.75) is 56.1 Å². The van der Waals surface area contributed by atoms with E-state index in [-0.39, 0.29) is 5.75 Å². The summed E-state index contributed by atoms with van der Waals surface area (Å²) in [6.45, 7) is 2.63. The molecule has 0 aromatic heterocycles. The van der Waals surface area contributed by atoms with Gasteiger partial charge in [0, 0.05) is 11.6 Å². The first kappa shape index (κ1) is 19.3. The second-order valence-electron chi connectivity index (χ2n) is 7.67. The van der Waals surface area contributed by atoms with Gasteiger partial charge in [-0.3, -0.25) is 0 Å². The van der Waals surface area contributed by atoms with Crippen LogP contribution in [0.15, 0.2) is 54.6 Å². The summed E-state index contributed by atoms with van der Waals surface area (Å²) in [7, 11) is 0. The van der Waals surface area contributed by atoms with E-state index in [9.17, 15) is 13.2 Å². The van der Waals surface area contributed by atoms with Gasteiger partial charge in [0.2, 0.25) is 0 Å². The van der Waals surface area contributed by atoms with E-state index in [0.717, 1.165) is 31.2 Å². The molecule has 6 heteroatoms. The third-order valence-corrected chi connectivity index (χ3v) is 6.23. The molecule has 0 spiro atoms. The average molecular weight is 390 g/mol. The third-order valence-electron chi connectivity index (χ3n) is 6.23. The highest BCUT2D eigenvalue weighted by Crippen LogP contribution is 2.56. The predicted octanol–water partition coefficient (Wildman–Crippen LogP) is 4.83. The number of nitrogens with one attached hydrogen (secondary N) is 2. The minimum Gasteiger partial charge on any atom is -0.405 e. The molecule has 2 aliphatic rings. The molecule has 2 aromatic rings. The number of piperidine rings is 1. The highest BCUT2D eigenvalue weighted by atomic mass is 19.4. The molecule has 150 valence electrons. The monoisotopic (exact) mass is 390 g/mol. The Bertz CT molecular complexity index is 826. The largest absolute Gasteiger partial charge is 0.573 e. The maximum absolute atomic E-state index is 13.1. The molecule has 3 atom stereocenters. The molecule has 28 heavy (non-hydrogen) atoms. The number of halogens is 3. The Hall–Kier alpha value is -2.05. The summed E-state index contributed by atoms with van der Waals surface area (Å²) in [5, 5.41) is 7.38. The number of hydrogen-bond donors (Lipinski definition) is 2. The van der Waals surface area contributed by atoms with E-state index in [1.165, 1.54) is 6.07 Å². The van der Waals surface area contributed by atoms with Crippen molar-refractivity contribution >= 4 is 0 Å². The summed E-state index contributed by atoms with van der Waals surface area (Å²) >= 11 is 0. The SMILES string of the molecule is CCNC1(c2ccccc2OC(F)(F)F)CCC2CCC1(c1ccccc1)N2. The van der Waals surface area contributed by atoms with Gasteiger partial charge in [0.15, 0.2) is 0 Å². The van der Waals surface area contributed by atoms with E-state index in [1.54, 1.807) is 18.2 Å². The Balaban J connectivity index is 1.92. The lowest BCUT2D eigenvalue weighted by Gasteiger charge is -2.54. The molecular formula is C22H25F3N2O. The van der Waals surface area contributed by atoms with Crippen LogP contribution in [0.5, 0.6) is 5.75 Å². The van der Waals surface area contributed by atoms with Gasteiger partial charge in [-0.2, -0.15) is 0 Å². The van der Waals surface area contributed by atoms with Gasteiger partial charge in [0.05, 0.1) is 11.1 Å². The number of benzene rings is 2. The van der Waals surface area contributed by atoms with E-state index in [0.29, 0.717) is 18.2 Å². The normalized spacial score (nSPS) is 29.6. The molecule has 2 saturated heterocycles. The highest BCUT2D eigenvalue weighted by Gasteiger charge is 2.60. The van der Waals surface area contributed by atoms with Gasteiger partial charge in [0.1, 0.15) is 5.75 Å². The van der Waals surface area contributed by atoms with E-state index in [4.69, 9.17) is 0 Å². The zero-order chi connectivity index (χ0) is 19.8. The molecule has 0 aliphatic carbocycles. The first-order valence-corrected chi connectivity index (χ1v) is 9.84. The predicted molar refractivity (Wildman–Crippen MR) is 102 cm³/mol. The van der Waals surface area contributed by atoms with Crippen molar-refractivity contribution in [1.29, 1.82) is 0 Å². The molecule has 0 saturated carbocycles. The summed E-state index contributed by atoms with van der Waals surface area (Å²) in [6.07, 6.45) is -1.23. The molecule has 2 aromatic carbocycles. The van der Waals surface area contributed by atoms with Gasteiger partial charge in [-0.05, 0) is 43.9 Å². The first-order chi connectivity index (χ1) is 13.4. The molecule has 3 nitrogen and oxygen atoms in total. The second kappa shape index (κ2) is 7.08. The van der Waals surface area contributed by atoms with Crippen molar-refractivity contribution in [3.8, 4) is 5.75 Å². The maximum atomic E-state index is 13.1. The summed E-state index contributed by atoms with van der Waals surface area (Å²) in [5.74, 6) is -0.126. The Morgan fingerprint density at radius 1 is 1.04 bits per heavy atom. The molecule has 3 unspecified atom stereocenters. The van der Waals surface area contributed by atoms with Crippen molar-refractivity contribution in [3.63, 3.8) is 0 Å². The van der Waals surface area contributed by atoms with Crippen LogP contribution in [0.25, 0.3) is 0 Å². The number of para-hydroxylation sites is 1. The molecule has 2 N–H and O–H groups in total. The highest BCUT2D eigenvalue weighted by molar-refractivity contribution is 5.47. The van der Waals surface area contributed by atoms with Crippen LogP contribution in [0.4, 0.5) is 13.2 Å². The Labute approximate surface area is 163 Å². The minimum absolute atomic E-state index is 0.126. The number of likely N-dealkylation sites (N-methyl/N-ethyl adjacent to an activating group) is 1. The van der Waals surface area contributed by atoms with Crippen molar-refractivity contribution in [1.82, 2.24) is 10.6 Å². The van der Waals surface area contributed by atoms with Crippen LogP contribution >= 0.6 is 0 Å². The van der Waals surface area contributed by atoms with Gasteiger partial charge >= 0.3 is 6.36 Å². The standard InChI is InChI=1S/C22H25F3N2O/c1-2-26-21(18-10-6-7-11-19(18)28-22(23,24)25)15-13-17-12-14-20(21,27-17)16-8-4-3-5-9-16/h3-11,17,26-27H,2,12-15H2,1H3. The minimum atomic E-state index is -4.73. The van der Waals surface area contributed by atoms with Crippen LogP contribution < -0.4 is 15.4 Å². The van der Waals surface area contributed by atoms with Crippen LogP contribution in [0.2, 0.25) is 0 Å². The Kier molecular flexibility index (Phi) is 4.88. The maximum Gasteiger partial charge on any atom is 0.573 e. The van der Waals surface area contributed by atoms with Gasteiger partial charge in [-0.1, -0.05) is 55.5 Å². The fraction of sp³-hybridized carbons (Fsp3) is 0.455. The van der Waals surface area contributed by atoms with Crippen LogP contribution in [-0.4, -0.2) is 18.9 Å². The fourth-order valence-electron chi connectivity index (χ4n) is 5.27. The van der Waals surface area contributed by atoms with E-state index >= 15 is 0 Å². The zero-order valence-electron chi connectivity index (χ0n) is 15.9. The van der Waals surface area contributed by atoms with Gasteiger partial charge in [-0.15, -0.1) is 13.2 Å². The lowest BCUT2D eigenvalue weighted by atomic mass is 9.64. The second-order valence-corrected chi connectivity index (χ2v) is 7.67. The summed E-state index contributed by atoms with van der Waals surface area (Å²) in [4.78, 5) is 0. The number of ether oxygens (including phenoxy) is 1. The molecule has 0 radical (unpaired) electrons. The average Bonchev–Trinajstić information content (AvgIpc) is 3.05. The van der Waals surface area contributed by atoms with Crippen molar-refractivity contribution < 1.29 is 17.9 Å². The third kappa shape index (κ3) is 3.08. The lowest BCUT2D eigenvalue weighted by molar-refractivity contribution is -0.275. The molecule has 0 amide bonds. The molecule has 2 aliphatic heterocycles. The summed E-state index contributed by atoms with van der Waals surface area (Å²) in [5.41, 5.74) is 0.474. The fourth-order valence-corrected chi connectivity index (χ4v) is 5.27. The molecule has 2 fully saturated rings. The smallest absolute Gasteiger partial charge is 0.405 e. The number of hydrogen-bond acceptors (Lipinski definition) is 3. The molecule has 2 heterocycles. The zero-order valence-corrected chi connectivity index (χ0v) is 15.9. The lowest BCUT2D eigenvalue weighted by Crippen LogP contribution is -2.66. The van der Waals surface area contributed by atoms with Crippen LogP contribution in [0.1, 0.15) is 43.7 Å². The van der Waals surface area contributed by atoms with Gasteiger partial charge in [0.25, 0.3) is 0 Å². The van der Waals surface area contributed by atoms with Crippen molar-refractivity contribution in [2.75, 3.05) is 6.54 Å². The molecule has 2 bridgehead atoms. The van der Waals surface area contributed by atoms with E-state index in [1.807, 2.05) is 25.1 Å². The van der Waals surface area contributed by atoms with Gasteiger partial charge in [-0.25, -0.2) is 0 Å². The van der Waals surface area contributed by atoms with E-state index < -0.39 is 17.4 Å². The Morgan fingerprint density at radius 3 is 2.43 bits per heavy atom. The van der Waals surface area contributed by atoms with Crippen LogP contribution in [0.3, 0.4) is 0 Å². The topological polar surface area (TPSA) is 33.3 Å². The Morgan fingerprint density at radius 2 is 1.71 bits per heavy atom. The number of fused-ring (bicyclic) bond motifs is 2. The van der Waals surface area contributed by atoms with Crippen LogP contribution in [-0.2, 0) is 11.1 Å². The van der Waals surface area contributed by atoms with Crippen LogP contribution in [0, 0.1) is 0 Å². The van der Waals surface area contributed by atoms with Crippen molar-refractivity contribution in [2.24, 2.45) is 0 Å². The van der Waals surface area contributed by atoms with Crippen molar-refractivity contribution in [3.05, 3.63) is 65.7 Å². The quantitative estimate of drug-likeness (QED) is 0.767. The first-order valence-electron chi connectivity index (χ1n) is 9.84. The summed E-state index contributed by atoms with van der Waals surface area (Å²) in [6, 6.07) is 17.0. The summed E-state index contributed by atoms with van der Waals surface area (Å²) < 4.78 is 43.9. The van der Waals surface area contributed by atoms with E-state index in [2.05, 4.69) is 27.5 Å². The number of alkyl halides is 3.